The predicted molar refractivity (Wildman–Crippen MR) is 102 cm³/mol. The van der Waals surface area contributed by atoms with Gasteiger partial charge in [0, 0.05) is 12.7 Å². The summed E-state index contributed by atoms with van der Waals surface area (Å²) in [7, 11) is 1.70. The Morgan fingerprint density at radius 2 is 1.96 bits per heavy atom. The topological polar surface area (TPSA) is 38.8 Å². The minimum atomic E-state index is -0.274. The number of aliphatic hydroxyl groups excluding tert-OH is 1. The van der Waals surface area contributed by atoms with Gasteiger partial charge in [0.2, 0.25) is 0 Å². The van der Waals surface area contributed by atoms with Crippen LogP contribution in [-0.2, 0) is 13.1 Å². The number of nitrogens with one attached hydrogen (secondary N) is 1. The van der Waals surface area contributed by atoms with Crippen molar-refractivity contribution in [2.75, 3.05) is 20.2 Å². The summed E-state index contributed by atoms with van der Waals surface area (Å²) in [6, 6.07) is 12.5. The van der Waals surface area contributed by atoms with E-state index in [1.165, 1.54) is 22.6 Å². The number of rotatable bonds is 10. The summed E-state index contributed by atoms with van der Waals surface area (Å²) in [5.74, 6) is 1.58. The fourth-order valence-corrected chi connectivity index (χ4v) is 3.16. The summed E-state index contributed by atoms with van der Waals surface area (Å²) in [6.07, 6.45) is 3.04. The fourth-order valence-electron chi connectivity index (χ4n) is 3.16. The molecule has 25 heavy (non-hydrogen) atoms. The summed E-state index contributed by atoms with van der Waals surface area (Å²) in [6.45, 7) is 10.0. The molecule has 0 saturated carbocycles. The van der Waals surface area contributed by atoms with Crippen LogP contribution in [0.4, 0.5) is 0 Å². The van der Waals surface area contributed by atoms with E-state index in [9.17, 15) is 5.11 Å². The Balaban J connectivity index is 2.07. The molecule has 4 nitrogen and oxygen atoms in total. The Morgan fingerprint density at radius 1 is 1.16 bits per heavy atom. The van der Waals surface area contributed by atoms with Crippen molar-refractivity contribution in [3.63, 3.8) is 0 Å². The van der Waals surface area contributed by atoms with Gasteiger partial charge in [-0.3, -0.25) is 0 Å². The maximum atomic E-state index is 9.84. The molecule has 2 atom stereocenters. The van der Waals surface area contributed by atoms with Crippen molar-refractivity contribution in [2.45, 2.75) is 46.4 Å². The Morgan fingerprint density at radius 3 is 2.64 bits per heavy atom. The number of hydrogen-bond acceptors (Lipinski definition) is 2. The van der Waals surface area contributed by atoms with E-state index >= 15 is 0 Å². The molecule has 0 amide bonds. The minimum Gasteiger partial charge on any atom is -0.497 e. The van der Waals surface area contributed by atoms with Crippen LogP contribution in [0, 0.1) is 5.92 Å². The molecule has 0 aliphatic heterocycles. The van der Waals surface area contributed by atoms with Crippen LogP contribution >= 0.6 is 0 Å². The second-order valence-corrected chi connectivity index (χ2v) is 7.39. The standard InChI is InChI=1S/C21H32N2O2/c1-17(2)10-12-22(14-18(3)24)16-20-8-6-11-23(20)15-19-7-5-9-21(13-19)25-4/h5-9,11,13,17-18,24H,10,12,14-16H2,1-4H3/p+1/t18-/m0/s1. The van der Waals surface area contributed by atoms with Gasteiger partial charge in [0.05, 0.1) is 19.3 Å². The number of nitrogens with zero attached hydrogens (tertiary/aromatic N) is 1. The SMILES string of the molecule is COc1cccc(Cn2cccc2C[NH+](CCC(C)C)C[C@H](C)O)c1. The number of methoxy groups -OCH3 is 1. The minimum absolute atomic E-state index is 0.274. The second-order valence-electron chi connectivity index (χ2n) is 7.39. The first-order chi connectivity index (χ1) is 12.0. The first-order valence-electron chi connectivity index (χ1n) is 9.26. The number of hydrogen-bond donors (Lipinski definition) is 2. The molecule has 0 bridgehead atoms. The molecule has 0 spiro atoms. The predicted octanol–water partition coefficient (Wildman–Crippen LogP) is 2.36. The van der Waals surface area contributed by atoms with Gasteiger partial charge in [-0.15, -0.1) is 0 Å². The molecule has 138 valence electrons. The molecule has 0 saturated heterocycles. The molecule has 0 aliphatic rings. The molecule has 1 aromatic heterocycles. The van der Waals surface area contributed by atoms with E-state index in [0.717, 1.165) is 31.9 Å². The zero-order valence-electron chi connectivity index (χ0n) is 16.0. The van der Waals surface area contributed by atoms with E-state index in [4.69, 9.17) is 4.74 Å². The van der Waals surface area contributed by atoms with Crippen LogP contribution in [0.15, 0.2) is 42.6 Å². The van der Waals surface area contributed by atoms with Gasteiger partial charge in [-0.2, -0.15) is 0 Å². The molecular weight excluding hydrogens is 312 g/mol. The average molecular weight is 346 g/mol. The highest BCUT2D eigenvalue weighted by Crippen LogP contribution is 2.14. The molecule has 1 aromatic carbocycles. The van der Waals surface area contributed by atoms with Crippen molar-refractivity contribution in [3.8, 4) is 5.75 Å². The number of aliphatic hydroxyl groups is 1. The Labute approximate surface area is 152 Å². The van der Waals surface area contributed by atoms with Gasteiger partial charge in [-0.05, 0) is 49.1 Å². The van der Waals surface area contributed by atoms with Gasteiger partial charge in [-0.25, -0.2) is 0 Å². The van der Waals surface area contributed by atoms with E-state index in [1.807, 2.05) is 19.1 Å². The second kappa shape index (κ2) is 9.64. The smallest absolute Gasteiger partial charge is 0.119 e. The van der Waals surface area contributed by atoms with Gasteiger partial charge >= 0.3 is 0 Å². The number of benzene rings is 1. The lowest BCUT2D eigenvalue weighted by Gasteiger charge is -2.22. The van der Waals surface area contributed by atoms with Crippen LogP contribution in [0.5, 0.6) is 5.75 Å². The third-order valence-corrected chi connectivity index (χ3v) is 4.50. The Bertz CT molecular complexity index is 634. The number of quaternary nitrogens is 1. The maximum Gasteiger partial charge on any atom is 0.119 e. The van der Waals surface area contributed by atoms with Crippen LogP contribution in [-0.4, -0.2) is 36.0 Å². The van der Waals surface area contributed by atoms with Crippen LogP contribution in [0.1, 0.15) is 38.4 Å². The van der Waals surface area contributed by atoms with Gasteiger partial charge in [-0.1, -0.05) is 26.0 Å². The van der Waals surface area contributed by atoms with Crippen LogP contribution < -0.4 is 9.64 Å². The number of ether oxygens (including phenoxy) is 1. The summed E-state index contributed by atoms with van der Waals surface area (Å²) in [5.41, 5.74) is 2.54. The quantitative estimate of drug-likeness (QED) is 0.694. The summed E-state index contributed by atoms with van der Waals surface area (Å²) in [4.78, 5) is 1.44. The summed E-state index contributed by atoms with van der Waals surface area (Å²) in [5, 5.41) is 9.84. The summed E-state index contributed by atoms with van der Waals surface area (Å²) >= 11 is 0. The van der Waals surface area contributed by atoms with Gasteiger partial charge in [0.1, 0.15) is 24.9 Å². The Hall–Kier alpha value is -1.78. The van der Waals surface area contributed by atoms with E-state index in [0.29, 0.717) is 5.92 Å². The first kappa shape index (κ1) is 19.5. The lowest BCUT2D eigenvalue weighted by Crippen LogP contribution is -3.12. The maximum absolute atomic E-state index is 9.84. The molecule has 0 aliphatic carbocycles. The normalized spacial score (nSPS) is 13.8. The monoisotopic (exact) mass is 345 g/mol. The molecule has 2 aromatic rings. The molecule has 1 unspecified atom stereocenters. The third kappa shape index (κ3) is 6.56. The molecule has 1 heterocycles. The first-order valence-corrected chi connectivity index (χ1v) is 9.26. The van der Waals surface area contributed by atoms with Crippen molar-refractivity contribution in [1.82, 2.24) is 4.57 Å². The molecule has 0 fully saturated rings. The molecular formula is C21H33N2O2+. The van der Waals surface area contributed by atoms with E-state index in [2.05, 4.69) is 48.9 Å². The van der Waals surface area contributed by atoms with E-state index < -0.39 is 0 Å². The third-order valence-electron chi connectivity index (χ3n) is 4.50. The van der Waals surface area contributed by atoms with Crippen LogP contribution in [0.25, 0.3) is 0 Å². The van der Waals surface area contributed by atoms with Crippen molar-refractivity contribution in [2.24, 2.45) is 5.92 Å². The van der Waals surface area contributed by atoms with Crippen molar-refractivity contribution >= 4 is 0 Å². The van der Waals surface area contributed by atoms with E-state index in [-0.39, 0.29) is 6.10 Å². The van der Waals surface area contributed by atoms with Gasteiger partial charge in [0.25, 0.3) is 0 Å². The van der Waals surface area contributed by atoms with Crippen LogP contribution in [0.3, 0.4) is 0 Å². The average Bonchev–Trinajstić information content (AvgIpc) is 2.99. The number of aromatic nitrogens is 1. The molecule has 0 radical (unpaired) electrons. The van der Waals surface area contributed by atoms with Gasteiger partial charge < -0.3 is 19.3 Å². The highest BCUT2D eigenvalue weighted by Gasteiger charge is 2.15. The van der Waals surface area contributed by atoms with Crippen LogP contribution in [0.2, 0.25) is 0 Å². The highest BCUT2D eigenvalue weighted by molar-refractivity contribution is 5.29. The zero-order valence-corrected chi connectivity index (χ0v) is 16.0. The zero-order chi connectivity index (χ0) is 18.2. The summed E-state index contributed by atoms with van der Waals surface area (Å²) < 4.78 is 7.62. The van der Waals surface area contributed by atoms with E-state index in [1.54, 1.807) is 7.11 Å². The fraction of sp³-hybridized carbons (Fsp3) is 0.524. The molecule has 2 rings (SSSR count). The van der Waals surface area contributed by atoms with Crippen molar-refractivity contribution < 1.29 is 14.7 Å². The largest absolute Gasteiger partial charge is 0.497 e. The lowest BCUT2D eigenvalue weighted by molar-refractivity contribution is -0.917. The molecule has 2 N–H and O–H groups in total. The highest BCUT2D eigenvalue weighted by atomic mass is 16.5. The lowest BCUT2D eigenvalue weighted by atomic mass is 10.1. The Kier molecular flexibility index (Phi) is 7.53. The van der Waals surface area contributed by atoms with Gasteiger partial charge in [0.15, 0.2) is 0 Å². The van der Waals surface area contributed by atoms with Crippen molar-refractivity contribution in [1.29, 1.82) is 0 Å². The molecule has 4 heteroatoms. The van der Waals surface area contributed by atoms with Crippen molar-refractivity contribution in [3.05, 3.63) is 53.9 Å².